The van der Waals surface area contributed by atoms with Gasteiger partial charge in [-0.3, -0.25) is 0 Å². The summed E-state index contributed by atoms with van der Waals surface area (Å²) in [6.45, 7) is 0. The Morgan fingerprint density at radius 3 is 2.50 bits per heavy atom. The first-order chi connectivity index (χ1) is 9.49. The summed E-state index contributed by atoms with van der Waals surface area (Å²) in [5.74, 6) is -1.86. The number of halogens is 4. The van der Waals surface area contributed by atoms with Crippen molar-refractivity contribution < 1.29 is 13.5 Å². The van der Waals surface area contributed by atoms with Gasteiger partial charge in [-0.05, 0) is 18.2 Å². The second-order valence-electron chi connectivity index (χ2n) is 3.71. The van der Waals surface area contributed by atoms with Crippen molar-refractivity contribution in [1.82, 2.24) is 4.98 Å². The van der Waals surface area contributed by atoms with E-state index in [4.69, 9.17) is 33.2 Å². The fourth-order valence-corrected chi connectivity index (χ4v) is 2.10. The van der Waals surface area contributed by atoms with Crippen molar-refractivity contribution in [2.45, 2.75) is 0 Å². The van der Waals surface area contributed by atoms with Crippen molar-refractivity contribution >= 4 is 23.2 Å². The predicted octanol–water partition coefficient (Wildman–Crippen LogP) is 4.21. The van der Waals surface area contributed by atoms with Crippen molar-refractivity contribution in [1.29, 1.82) is 5.26 Å². The highest BCUT2D eigenvalue weighted by Crippen LogP contribution is 2.38. The normalized spacial score (nSPS) is 10.2. The fraction of sp³-hybridized carbons (Fsp3) is 0.0769. The van der Waals surface area contributed by atoms with E-state index in [0.29, 0.717) is 0 Å². The van der Waals surface area contributed by atoms with Gasteiger partial charge in [-0.15, -0.1) is 0 Å². The van der Waals surface area contributed by atoms with Crippen LogP contribution in [0.15, 0.2) is 18.2 Å². The highest BCUT2D eigenvalue weighted by molar-refractivity contribution is 6.35. The Balaban J connectivity index is 2.79. The van der Waals surface area contributed by atoms with Crippen LogP contribution in [0.1, 0.15) is 5.56 Å². The van der Waals surface area contributed by atoms with Gasteiger partial charge >= 0.3 is 0 Å². The van der Waals surface area contributed by atoms with Gasteiger partial charge in [0.15, 0.2) is 11.6 Å². The Hall–Kier alpha value is -1.90. The molecule has 0 N–H and O–H groups in total. The Labute approximate surface area is 123 Å². The lowest BCUT2D eigenvalue weighted by Crippen LogP contribution is -1.98. The van der Waals surface area contributed by atoms with Crippen LogP contribution in [-0.4, -0.2) is 12.1 Å². The molecule has 0 aliphatic rings. The Morgan fingerprint density at radius 1 is 1.25 bits per heavy atom. The van der Waals surface area contributed by atoms with Crippen LogP contribution >= 0.6 is 23.2 Å². The minimum atomic E-state index is -0.765. The number of nitriles is 1. The maximum Gasteiger partial charge on any atom is 0.166 e. The first kappa shape index (κ1) is 14.5. The second kappa shape index (κ2) is 5.61. The summed E-state index contributed by atoms with van der Waals surface area (Å²) in [5.41, 5.74) is -0.301. The molecule has 0 unspecified atom stereocenters. The molecule has 102 valence electrons. The van der Waals surface area contributed by atoms with E-state index in [1.807, 2.05) is 0 Å². The predicted molar refractivity (Wildman–Crippen MR) is 70.9 cm³/mol. The van der Waals surface area contributed by atoms with Gasteiger partial charge in [0.05, 0.1) is 29.0 Å². The molecule has 0 saturated heterocycles. The molecule has 1 aromatic carbocycles. The van der Waals surface area contributed by atoms with E-state index >= 15 is 0 Å². The molecule has 0 aliphatic heterocycles. The smallest absolute Gasteiger partial charge is 0.166 e. The number of benzene rings is 1. The molecule has 0 aliphatic carbocycles. The zero-order valence-electron chi connectivity index (χ0n) is 10.0. The minimum Gasteiger partial charge on any atom is -0.493 e. The topological polar surface area (TPSA) is 45.9 Å². The van der Waals surface area contributed by atoms with Crippen molar-refractivity contribution in [3.05, 3.63) is 45.6 Å². The highest BCUT2D eigenvalue weighted by atomic mass is 35.5. The number of nitrogens with zero attached hydrogens (tertiary/aromatic N) is 2. The van der Waals surface area contributed by atoms with Gasteiger partial charge in [-0.2, -0.15) is 5.26 Å². The molecule has 2 aromatic rings. The minimum absolute atomic E-state index is 0.0336. The summed E-state index contributed by atoms with van der Waals surface area (Å²) in [6, 6.07) is 4.88. The zero-order chi connectivity index (χ0) is 14.9. The molecule has 2 rings (SSSR count). The summed E-state index contributed by atoms with van der Waals surface area (Å²) in [7, 11) is 1.19. The Kier molecular flexibility index (Phi) is 4.07. The third-order valence-corrected chi connectivity index (χ3v) is 3.13. The molecular weight excluding hydrogens is 309 g/mol. The quantitative estimate of drug-likeness (QED) is 0.780. The summed E-state index contributed by atoms with van der Waals surface area (Å²) in [4.78, 5) is 3.85. The van der Waals surface area contributed by atoms with E-state index in [1.54, 1.807) is 6.07 Å². The first-order valence-corrected chi connectivity index (χ1v) is 6.03. The number of pyridine rings is 1. The Morgan fingerprint density at radius 2 is 1.90 bits per heavy atom. The monoisotopic (exact) mass is 314 g/mol. The molecule has 3 nitrogen and oxygen atoms in total. The van der Waals surface area contributed by atoms with Crippen LogP contribution < -0.4 is 4.74 Å². The Bertz CT molecular complexity index is 729. The average Bonchev–Trinajstić information content (AvgIpc) is 2.43. The maximum atomic E-state index is 13.9. The first-order valence-electron chi connectivity index (χ1n) is 5.28. The number of hydrogen-bond acceptors (Lipinski definition) is 3. The van der Waals surface area contributed by atoms with E-state index in [-0.39, 0.29) is 32.7 Å². The maximum absolute atomic E-state index is 13.9. The number of aromatic nitrogens is 1. The SMILES string of the molecule is COc1c(F)ccc(F)c1-c1nc(Cl)c(C#N)cc1Cl. The van der Waals surface area contributed by atoms with Gasteiger partial charge in [0.2, 0.25) is 0 Å². The third kappa shape index (κ3) is 2.40. The lowest BCUT2D eigenvalue weighted by Gasteiger charge is -2.12. The van der Waals surface area contributed by atoms with E-state index in [0.717, 1.165) is 12.1 Å². The van der Waals surface area contributed by atoms with Crippen molar-refractivity contribution in [2.75, 3.05) is 7.11 Å². The summed E-state index contributed by atoms with van der Waals surface area (Å²) < 4.78 is 32.4. The van der Waals surface area contributed by atoms with Gasteiger partial charge in [0.25, 0.3) is 0 Å². The van der Waals surface area contributed by atoms with Crippen LogP contribution in [0.3, 0.4) is 0 Å². The molecule has 0 amide bonds. The summed E-state index contributed by atoms with van der Waals surface area (Å²) >= 11 is 11.7. The summed E-state index contributed by atoms with van der Waals surface area (Å²) in [6.07, 6.45) is 0. The molecule has 0 spiro atoms. The zero-order valence-corrected chi connectivity index (χ0v) is 11.6. The highest BCUT2D eigenvalue weighted by Gasteiger charge is 2.21. The average molecular weight is 315 g/mol. The third-order valence-electron chi connectivity index (χ3n) is 2.55. The van der Waals surface area contributed by atoms with Crippen LogP contribution in [0.4, 0.5) is 8.78 Å². The van der Waals surface area contributed by atoms with Gasteiger partial charge in [0, 0.05) is 0 Å². The van der Waals surface area contributed by atoms with Gasteiger partial charge < -0.3 is 4.74 Å². The fourth-order valence-electron chi connectivity index (χ4n) is 1.67. The largest absolute Gasteiger partial charge is 0.493 e. The van der Waals surface area contributed by atoms with Crippen molar-refractivity contribution in [3.8, 4) is 23.1 Å². The molecule has 0 saturated carbocycles. The van der Waals surface area contributed by atoms with Gasteiger partial charge in [0.1, 0.15) is 17.0 Å². The second-order valence-corrected chi connectivity index (χ2v) is 4.47. The molecule has 0 bridgehead atoms. The molecule has 1 aromatic heterocycles. The molecule has 1 heterocycles. The summed E-state index contributed by atoms with van der Waals surface area (Å²) in [5, 5.41) is 8.62. The molecule has 0 radical (unpaired) electrons. The van der Waals surface area contributed by atoms with E-state index in [2.05, 4.69) is 4.98 Å². The molecule has 20 heavy (non-hydrogen) atoms. The van der Waals surface area contributed by atoms with Crippen LogP contribution in [0, 0.1) is 23.0 Å². The van der Waals surface area contributed by atoms with Crippen LogP contribution in [0.5, 0.6) is 5.75 Å². The lowest BCUT2D eigenvalue weighted by molar-refractivity contribution is 0.385. The number of ether oxygens (including phenoxy) is 1. The van der Waals surface area contributed by atoms with Gasteiger partial charge in [-0.25, -0.2) is 13.8 Å². The number of hydrogen-bond donors (Lipinski definition) is 0. The number of methoxy groups -OCH3 is 1. The number of rotatable bonds is 2. The van der Waals surface area contributed by atoms with E-state index in [9.17, 15) is 8.78 Å². The molecular formula is C13H6Cl2F2N2O. The van der Waals surface area contributed by atoms with E-state index < -0.39 is 11.6 Å². The van der Waals surface area contributed by atoms with Crippen LogP contribution in [0.25, 0.3) is 11.3 Å². The van der Waals surface area contributed by atoms with Crippen molar-refractivity contribution in [3.63, 3.8) is 0 Å². The van der Waals surface area contributed by atoms with Gasteiger partial charge in [-0.1, -0.05) is 23.2 Å². The van der Waals surface area contributed by atoms with E-state index in [1.165, 1.54) is 13.2 Å². The standard InChI is InChI=1S/C13H6Cl2F2N2O/c1-20-12-9(17)3-2-8(16)10(12)11-7(14)4-6(5-18)13(15)19-11/h2-4H,1H3. The lowest BCUT2D eigenvalue weighted by atomic mass is 10.1. The van der Waals surface area contributed by atoms with Crippen molar-refractivity contribution in [2.24, 2.45) is 0 Å². The molecule has 0 fully saturated rings. The van der Waals surface area contributed by atoms with Crippen LogP contribution in [0.2, 0.25) is 10.2 Å². The van der Waals surface area contributed by atoms with Crippen LogP contribution in [-0.2, 0) is 0 Å². The molecule has 7 heteroatoms. The molecule has 0 atom stereocenters.